The van der Waals surface area contributed by atoms with Crippen LogP contribution in [0.25, 0.3) is 0 Å². The molecule has 2 aliphatic rings. The van der Waals surface area contributed by atoms with E-state index in [1.165, 1.54) is 36.4 Å². The average Bonchev–Trinajstić information content (AvgIpc) is 2.84. The quantitative estimate of drug-likeness (QED) is 0.417. The van der Waals surface area contributed by atoms with E-state index < -0.39 is 11.7 Å². The van der Waals surface area contributed by atoms with Crippen LogP contribution in [0, 0.1) is 11.7 Å². The molecule has 4 rings (SSSR count). The summed E-state index contributed by atoms with van der Waals surface area (Å²) in [4.78, 5) is 19.0. The molecule has 2 aliphatic heterocycles. The lowest BCUT2D eigenvalue weighted by atomic mass is 9.93. The molecule has 34 heavy (non-hydrogen) atoms. The van der Waals surface area contributed by atoms with Gasteiger partial charge < -0.3 is 4.90 Å². The molecule has 0 aromatic heterocycles. The Morgan fingerprint density at radius 3 is 2.21 bits per heavy atom. The van der Waals surface area contributed by atoms with Crippen LogP contribution in [0.4, 0.5) is 23.2 Å². The van der Waals surface area contributed by atoms with Crippen molar-refractivity contribution in [3.8, 4) is 0 Å². The van der Waals surface area contributed by atoms with Crippen LogP contribution in [0.1, 0.15) is 35.2 Å². The van der Waals surface area contributed by atoms with E-state index in [0.717, 1.165) is 71.1 Å². The summed E-state index contributed by atoms with van der Waals surface area (Å²) in [6.07, 6.45) is -1.10. The summed E-state index contributed by atoms with van der Waals surface area (Å²) >= 11 is 0. The molecule has 2 aromatic rings. The highest BCUT2D eigenvalue weighted by Gasteiger charge is 2.31. The number of carbonyl (C=O) groups excluding carboxylic acids is 1. The number of Topliss-reactive ketones (excluding diaryl/α,β-unsaturated/α-hetero) is 1. The SMILES string of the molecule is O=C(CN1CCC(CCN2CCN(c3cccc(C(F)(F)F)c3)CC2)CC1)c1ccc(F)cc1. The fourth-order valence-electron chi connectivity index (χ4n) is 4.84. The number of benzene rings is 2. The van der Waals surface area contributed by atoms with E-state index in [1.54, 1.807) is 6.07 Å². The van der Waals surface area contributed by atoms with Gasteiger partial charge in [-0.15, -0.1) is 0 Å². The van der Waals surface area contributed by atoms with Crippen LogP contribution in [0.15, 0.2) is 48.5 Å². The van der Waals surface area contributed by atoms with Crippen molar-refractivity contribution in [1.82, 2.24) is 9.80 Å². The summed E-state index contributed by atoms with van der Waals surface area (Å²) in [7, 11) is 0. The number of halogens is 4. The van der Waals surface area contributed by atoms with Crippen molar-refractivity contribution in [2.45, 2.75) is 25.4 Å². The molecule has 0 spiro atoms. The molecule has 4 nitrogen and oxygen atoms in total. The Bertz CT molecular complexity index is 947. The second kappa shape index (κ2) is 10.9. The van der Waals surface area contributed by atoms with Gasteiger partial charge in [-0.2, -0.15) is 13.2 Å². The van der Waals surface area contributed by atoms with Gasteiger partial charge in [0.15, 0.2) is 5.78 Å². The van der Waals surface area contributed by atoms with Gasteiger partial charge in [0.05, 0.1) is 12.1 Å². The zero-order chi connectivity index (χ0) is 24.1. The molecule has 2 fully saturated rings. The maximum Gasteiger partial charge on any atom is 0.416 e. The normalized spacial score (nSPS) is 18.9. The van der Waals surface area contributed by atoms with Gasteiger partial charge in [0.25, 0.3) is 0 Å². The fourth-order valence-corrected chi connectivity index (χ4v) is 4.84. The van der Waals surface area contributed by atoms with E-state index in [2.05, 4.69) is 9.80 Å². The number of hydrogen-bond donors (Lipinski definition) is 0. The van der Waals surface area contributed by atoms with Gasteiger partial charge in [-0.1, -0.05) is 6.07 Å². The molecule has 0 bridgehead atoms. The van der Waals surface area contributed by atoms with Gasteiger partial charge in [-0.3, -0.25) is 14.6 Å². The summed E-state index contributed by atoms with van der Waals surface area (Å²) in [5.41, 5.74) is 0.586. The summed E-state index contributed by atoms with van der Waals surface area (Å²) < 4.78 is 52.0. The van der Waals surface area contributed by atoms with E-state index >= 15 is 0 Å². The van der Waals surface area contributed by atoms with Crippen LogP contribution < -0.4 is 4.90 Å². The van der Waals surface area contributed by atoms with Crippen LogP contribution in [0.3, 0.4) is 0 Å². The number of piperidine rings is 1. The number of carbonyl (C=O) groups is 1. The standard InChI is InChI=1S/C26H31F4N3O/c27-23-6-4-21(5-7-23)25(34)19-32-12-9-20(10-13-32)8-11-31-14-16-33(17-15-31)24-3-1-2-22(18-24)26(28,29)30/h1-7,18,20H,8-17,19H2. The Labute approximate surface area is 198 Å². The summed E-state index contributed by atoms with van der Waals surface area (Å²) in [5, 5.41) is 0. The minimum absolute atomic E-state index is 0.0251. The smallest absolute Gasteiger partial charge is 0.369 e. The van der Waals surface area contributed by atoms with Crippen molar-refractivity contribution >= 4 is 11.5 Å². The Balaban J connectivity index is 1.16. The predicted molar refractivity (Wildman–Crippen MR) is 125 cm³/mol. The highest BCUT2D eigenvalue weighted by molar-refractivity contribution is 5.97. The number of rotatable bonds is 7. The van der Waals surface area contributed by atoms with Crippen molar-refractivity contribution < 1.29 is 22.4 Å². The summed E-state index contributed by atoms with van der Waals surface area (Å²) in [6.45, 7) is 6.30. The molecule has 0 amide bonds. The van der Waals surface area contributed by atoms with Crippen molar-refractivity contribution in [3.63, 3.8) is 0 Å². The number of nitrogens with zero attached hydrogens (tertiary/aromatic N) is 3. The lowest BCUT2D eigenvalue weighted by Crippen LogP contribution is -2.47. The van der Waals surface area contributed by atoms with Crippen LogP contribution in [-0.4, -0.2) is 67.9 Å². The van der Waals surface area contributed by atoms with Gasteiger partial charge >= 0.3 is 6.18 Å². The highest BCUT2D eigenvalue weighted by atomic mass is 19.4. The lowest BCUT2D eigenvalue weighted by molar-refractivity contribution is -0.137. The van der Waals surface area contributed by atoms with Crippen LogP contribution in [0.5, 0.6) is 0 Å². The van der Waals surface area contributed by atoms with E-state index in [9.17, 15) is 22.4 Å². The van der Waals surface area contributed by atoms with E-state index in [4.69, 9.17) is 0 Å². The third-order valence-electron chi connectivity index (χ3n) is 7.01. The number of alkyl halides is 3. The Morgan fingerprint density at radius 1 is 0.882 bits per heavy atom. The molecule has 0 radical (unpaired) electrons. The lowest BCUT2D eigenvalue weighted by Gasteiger charge is -2.37. The fraction of sp³-hybridized carbons (Fsp3) is 0.500. The zero-order valence-corrected chi connectivity index (χ0v) is 19.2. The second-order valence-electron chi connectivity index (χ2n) is 9.32. The molecule has 0 atom stereocenters. The number of anilines is 1. The third-order valence-corrected chi connectivity index (χ3v) is 7.01. The molecule has 2 saturated heterocycles. The van der Waals surface area contributed by atoms with Gasteiger partial charge in [-0.25, -0.2) is 4.39 Å². The molecule has 2 aromatic carbocycles. The van der Waals surface area contributed by atoms with Gasteiger partial charge in [0, 0.05) is 37.4 Å². The predicted octanol–water partition coefficient (Wildman–Crippen LogP) is 4.95. The molecule has 2 heterocycles. The van der Waals surface area contributed by atoms with Crippen molar-refractivity contribution in [3.05, 3.63) is 65.5 Å². The molecule has 8 heteroatoms. The molecule has 0 aliphatic carbocycles. The molecular weight excluding hydrogens is 446 g/mol. The van der Waals surface area contributed by atoms with Crippen LogP contribution in [0.2, 0.25) is 0 Å². The van der Waals surface area contributed by atoms with E-state index in [-0.39, 0.29) is 11.6 Å². The van der Waals surface area contributed by atoms with Crippen molar-refractivity contribution in [1.29, 1.82) is 0 Å². The first-order valence-electron chi connectivity index (χ1n) is 11.9. The maximum atomic E-state index is 13.0. The highest BCUT2D eigenvalue weighted by Crippen LogP contribution is 2.32. The van der Waals surface area contributed by atoms with Gasteiger partial charge in [0.2, 0.25) is 0 Å². The van der Waals surface area contributed by atoms with Crippen molar-refractivity contribution in [2.75, 3.05) is 57.3 Å². The molecular formula is C26H31F4N3O. The van der Waals surface area contributed by atoms with Crippen molar-refractivity contribution in [2.24, 2.45) is 5.92 Å². The van der Waals surface area contributed by atoms with Gasteiger partial charge in [-0.05, 0) is 87.3 Å². The minimum Gasteiger partial charge on any atom is -0.369 e. The van der Waals surface area contributed by atoms with E-state index in [1.807, 2.05) is 4.90 Å². The van der Waals surface area contributed by atoms with Crippen LogP contribution >= 0.6 is 0 Å². The Hall–Kier alpha value is -2.45. The number of piperazine rings is 1. The maximum absolute atomic E-state index is 13.0. The Morgan fingerprint density at radius 2 is 1.56 bits per heavy atom. The summed E-state index contributed by atoms with van der Waals surface area (Å²) in [5.74, 6) is 0.310. The molecule has 0 unspecified atom stereocenters. The molecule has 0 saturated carbocycles. The summed E-state index contributed by atoms with van der Waals surface area (Å²) in [6, 6.07) is 11.3. The number of likely N-dealkylation sites (tertiary alicyclic amines) is 1. The largest absolute Gasteiger partial charge is 0.416 e. The first kappa shape index (κ1) is 24.7. The van der Waals surface area contributed by atoms with Gasteiger partial charge in [0.1, 0.15) is 5.82 Å². The second-order valence-corrected chi connectivity index (χ2v) is 9.32. The number of hydrogen-bond acceptors (Lipinski definition) is 4. The Kier molecular flexibility index (Phi) is 7.88. The first-order chi connectivity index (χ1) is 16.3. The molecule has 184 valence electrons. The molecule has 0 N–H and O–H groups in total. The van der Waals surface area contributed by atoms with Crippen LogP contribution in [-0.2, 0) is 6.18 Å². The minimum atomic E-state index is -4.32. The average molecular weight is 478 g/mol. The third kappa shape index (κ3) is 6.57. The monoisotopic (exact) mass is 477 g/mol. The first-order valence-corrected chi connectivity index (χ1v) is 11.9. The zero-order valence-electron chi connectivity index (χ0n) is 19.2. The topological polar surface area (TPSA) is 26.8 Å². The van der Waals surface area contributed by atoms with E-state index in [0.29, 0.717) is 23.7 Å². The number of ketones is 1.